The molecule has 23 heteroatoms. The molecule has 5 rings (SSSR count). The van der Waals surface area contributed by atoms with Crippen molar-refractivity contribution < 1.29 is 55.7 Å². The molecule has 53 heavy (non-hydrogen) atoms. The van der Waals surface area contributed by atoms with Gasteiger partial charge in [0.05, 0.1) is 33.2 Å². The van der Waals surface area contributed by atoms with Crippen LogP contribution in [0.15, 0.2) is 75.8 Å². The number of phenols is 2. The molecule has 0 aliphatic heterocycles. The van der Waals surface area contributed by atoms with E-state index in [-0.39, 0.29) is 74.7 Å². The van der Waals surface area contributed by atoms with Crippen LogP contribution in [0.3, 0.4) is 0 Å². The van der Waals surface area contributed by atoms with Crippen LogP contribution < -0.4 is 21.8 Å². The van der Waals surface area contributed by atoms with E-state index in [1.165, 1.54) is 37.3 Å². The summed E-state index contributed by atoms with van der Waals surface area (Å²) in [4.78, 5) is 35.3. The first kappa shape index (κ1) is 37.7. The molecule has 0 fully saturated rings. The van der Waals surface area contributed by atoms with Crippen molar-refractivity contribution in [3.05, 3.63) is 77.4 Å². The van der Waals surface area contributed by atoms with Crippen molar-refractivity contribution in [3.8, 4) is 11.5 Å². The fourth-order valence-electron chi connectivity index (χ4n) is 4.72. The molecule has 276 valence electrons. The van der Waals surface area contributed by atoms with Gasteiger partial charge in [-0.25, -0.2) is 9.59 Å². The van der Waals surface area contributed by atoms with Crippen LogP contribution in [0, 0.1) is 6.92 Å². The van der Waals surface area contributed by atoms with Crippen molar-refractivity contribution in [2.24, 2.45) is 16.1 Å². The van der Waals surface area contributed by atoms with Crippen molar-refractivity contribution >= 4 is 83.5 Å². The Labute approximate surface area is 298 Å². The van der Waals surface area contributed by atoms with Crippen molar-refractivity contribution in [1.29, 1.82) is 0 Å². The molecule has 0 saturated heterocycles. The predicted octanol–water partition coefficient (Wildman–Crippen LogP) is 3.92. The molecule has 0 unspecified atom stereocenters. The van der Waals surface area contributed by atoms with E-state index >= 15 is 0 Å². The summed E-state index contributed by atoms with van der Waals surface area (Å²) in [7, 11) is -8.93. The molecule has 10 N–H and O–H groups in total. The number of phenolic OH excluding ortho intramolecular Hbond substituents is 2. The molecule has 4 aromatic carbocycles. The minimum atomic E-state index is -4.56. The molecule has 0 aliphatic carbocycles. The predicted molar refractivity (Wildman–Crippen MR) is 187 cm³/mol. The molecule has 0 bridgehead atoms. The van der Waals surface area contributed by atoms with Gasteiger partial charge in [0.15, 0.2) is 5.75 Å². The number of azo groups is 1. The Bertz CT molecular complexity index is 2480. The van der Waals surface area contributed by atoms with Crippen LogP contribution in [-0.2, 0) is 24.5 Å². The average molecular weight is 770 g/mol. The second kappa shape index (κ2) is 15.0. The molecule has 0 amide bonds. The maximum Gasteiger partial charge on any atom is 0.335 e. The number of aromatic hydroxyl groups is 2. The molecule has 0 aliphatic rings. The van der Waals surface area contributed by atoms with E-state index in [1.54, 1.807) is 0 Å². The van der Waals surface area contributed by atoms with Gasteiger partial charge in [-0.15, -0.1) is 5.11 Å². The van der Waals surface area contributed by atoms with E-state index in [0.29, 0.717) is 5.69 Å². The van der Waals surface area contributed by atoms with E-state index in [9.17, 15) is 46.9 Å². The summed E-state index contributed by atoms with van der Waals surface area (Å²) in [6, 6.07) is 12.4. The van der Waals surface area contributed by atoms with Gasteiger partial charge in [0.2, 0.25) is 17.8 Å². The molecule has 5 aromatic rings. The zero-order chi connectivity index (χ0) is 38.7. The molecule has 0 saturated carbocycles. The van der Waals surface area contributed by atoms with Gasteiger partial charge in [0.1, 0.15) is 11.4 Å². The molecular weight excluding hydrogens is 743 g/mol. The second-order valence-electron chi connectivity index (χ2n) is 10.9. The number of rotatable bonds is 14. The van der Waals surface area contributed by atoms with Crippen LogP contribution in [0.25, 0.3) is 10.8 Å². The fraction of sp³-hybridized carbons (Fsp3) is 0.100. The molecule has 1 aromatic heterocycles. The number of hydrogen-bond donors (Lipinski definition) is 9. The number of nitrogens with two attached hydrogens (primary N) is 1. The van der Waals surface area contributed by atoms with Crippen LogP contribution in [0.4, 0.5) is 40.6 Å². The van der Waals surface area contributed by atoms with Crippen molar-refractivity contribution in [1.82, 2.24) is 15.0 Å². The summed E-state index contributed by atoms with van der Waals surface area (Å²) in [6.07, 6.45) is 0. The Balaban J connectivity index is 1.65. The average Bonchev–Trinajstić information content (AvgIpc) is 3.08. The molecule has 1 heterocycles. The minimum absolute atomic E-state index is 0.0305. The van der Waals surface area contributed by atoms with Crippen LogP contribution in [-0.4, -0.2) is 81.0 Å². The minimum Gasteiger partial charge on any atom is -0.508 e. The summed E-state index contributed by atoms with van der Waals surface area (Å²) in [6.45, 7) is 1.15. The van der Waals surface area contributed by atoms with Gasteiger partial charge >= 0.3 is 22.1 Å². The molecule has 0 radical (unpaired) electrons. The van der Waals surface area contributed by atoms with E-state index in [1.807, 2.05) is 0 Å². The monoisotopic (exact) mass is 769 g/mol. The molecular formula is C30H27N9O12S2. The zero-order valence-electron chi connectivity index (χ0n) is 26.9. The number of nitrogens with one attached hydrogen (secondary N) is 3. The highest BCUT2D eigenvalue weighted by molar-refractivity contribution is 7.86. The van der Waals surface area contributed by atoms with Gasteiger partial charge in [0.25, 0.3) is 10.1 Å². The lowest BCUT2D eigenvalue weighted by atomic mass is 10.0. The summed E-state index contributed by atoms with van der Waals surface area (Å²) in [5.41, 5.74) is -0.649. The topological polar surface area (TPSA) is 338 Å². The van der Waals surface area contributed by atoms with Crippen LogP contribution in [0.1, 0.15) is 26.3 Å². The number of nitrogens with zero attached hydrogens (tertiary/aromatic N) is 5. The number of fused-ring (bicyclic) bond motifs is 1. The van der Waals surface area contributed by atoms with Gasteiger partial charge < -0.3 is 36.4 Å². The summed E-state index contributed by atoms with van der Waals surface area (Å²) >= 11 is 0. The van der Waals surface area contributed by atoms with Crippen LogP contribution in [0.2, 0.25) is 0 Å². The van der Waals surface area contributed by atoms with Crippen LogP contribution in [0.5, 0.6) is 11.5 Å². The summed E-state index contributed by atoms with van der Waals surface area (Å²) in [5.74, 6) is 0.225. The maximum absolute atomic E-state index is 12.7. The largest absolute Gasteiger partial charge is 0.508 e. The third-order valence-corrected chi connectivity index (χ3v) is 8.88. The molecule has 0 atom stereocenters. The van der Waals surface area contributed by atoms with Gasteiger partial charge in [-0.3, -0.25) is 4.55 Å². The first-order valence-corrected chi connectivity index (χ1v) is 17.7. The number of aryl methyl sites for hydroxylation is 1. The van der Waals surface area contributed by atoms with Crippen molar-refractivity contribution in [2.75, 3.05) is 28.2 Å². The Morgan fingerprint density at radius 1 is 0.830 bits per heavy atom. The van der Waals surface area contributed by atoms with Gasteiger partial charge in [-0.2, -0.15) is 47.1 Å². The maximum atomic E-state index is 12.7. The number of carbonyl (C=O) groups is 2. The lowest BCUT2D eigenvalue weighted by Gasteiger charge is -2.16. The summed E-state index contributed by atoms with van der Waals surface area (Å²) in [5, 5.41) is 56.3. The van der Waals surface area contributed by atoms with Crippen molar-refractivity contribution in [3.63, 3.8) is 0 Å². The SMILES string of the molecule is Cc1cc2cc(S(=O)(=O)ON)cc(Nc3nc(NCCS(=O)(=O)O)nc(Nc4ccc(O)cc4)n3)c2c(O)c1N=Nc1cc(C(=O)O)cc(C(=O)O)c1. The molecule has 21 nitrogen and oxygen atoms in total. The number of benzene rings is 4. The number of carboxylic acid groups (broad SMARTS) is 2. The Morgan fingerprint density at radius 2 is 1.43 bits per heavy atom. The highest BCUT2D eigenvalue weighted by atomic mass is 32.2. The highest BCUT2D eigenvalue weighted by Crippen LogP contribution is 2.44. The number of aromatic nitrogens is 3. The first-order valence-electron chi connectivity index (χ1n) is 14.7. The van der Waals surface area contributed by atoms with E-state index in [2.05, 4.69) is 45.4 Å². The third kappa shape index (κ3) is 9.23. The lowest BCUT2D eigenvalue weighted by Crippen LogP contribution is -2.17. The summed E-state index contributed by atoms with van der Waals surface area (Å²) < 4.78 is 61.4. The number of hydrogen-bond acceptors (Lipinski definition) is 18. The van der Waals surface area contributed by atoms with Gasteiger partial charge in [-0.1, -0.05) is 0 Å². The quantitative estimate of drug-likeness (QED) is 0.0334. The lowest BCUT2D eigenvalue weighted by molar-refractivity contribution is 0.0696. The smallest absolute Gasteiger partial charge is 0.335 e. The number of anilines is 5. The standard InChI is InChI=1S/C30H27N9O12S2/c1-14-8-15-12-21(53(49,50)51-31)13-22(23(15)25(41)24(14)39-38-19-10-16(26(42)43)9-17(11-19)27(44)45)34-30-36-28(32-6-7-52(46,47)48)35-29(37-30)33-18-2-4-20(40)5-3-18/h2-5,8-13,40-41H,6-7,31H2,1H3,(H,42,43)(H,44,45)(H,46,47,48)(H3,32,33,34,35,36,37). The normalized spacial score (nSPS) is 11.8. The van der Waals surface area contributed by atoms with Crippen LogP contribution >= 0.6 is 0 Å². The third-order valence-electron chi connectivity index (χ3n) is 7.09. The Kier molecular flexibility index (Phi) is 10.7. The Hall–Kier alpha value is -6.53. The molecule has 0 spiro atoms. The highest BCUT2D eigenvalue weighted by Gasteiger charge is 2.22. The zero-order valence-corrected chi connectivity index (χ0v) is 28.5. The van der Waals surface area contributed by atoms with Gasteiger partial charge in [-0.05, 0) is 78.5 Å². The second-order valence-corrected chi connectivity index (χ2v) is 14.0. The Morgan fingerprint density at radius 3 is 2.02 bits per heavy atom. The van der Waals surface area contributed by atoms with E-state index < -0.39 is 48.6 Å². The van der Waals surface area contributed by atoms with Crippen molar-refractivity contribution in [2.45, 2.75) is 11.8 Å². The number of aromatic carboxylic acids is 2. The first-order chi connectivity index (χ1) is 24.9. The number of carboxylic acids is 2. The van der Waals surface area contributed by atoms with E-state index in [4.69, 9.17) is 10.4 Å². The van der Waals surface area contributed by atoms with Gasteiger partial charge in [0, 0.05) is 17.6 Å². The van der Waals surface area contributed by atoms with E-state index in [0.717, 1.165) is 30.3 Å². The fourth-order valence-corrected chi connectivity index (χ4v) is 5.73.